The molecular formula is C11H12ClF3N6. The van der Waals surface area contributed by atoms with Crippen molar-refractivity contribution in [1.29, 1.82) is 0 Å². The van der Waals surface area contributed by atoms with Crippen LogP contribution in [0.2, 0.25) is 5.15 Å². The fraction of sp³-hybridized carbons (Fsp3) is 0.364. The van der Waals surface area contributed by atoms with Crippen molar-refractivity contribution in [3.8, 4) is 0 Å². The molecule has 0 radical (unpaired) electrons. The summed E-state index contributed by atoms with van der Waals surface area (Å²) in [5.41, 5.74) is -0.498. The van der Waals surface area contributed by atoms with Crippen LogP contribution in [0.3, 0.4) is 0 Å². The number of nitrogens with zero attached hydrogens (tertiary/aromatic N) is 4. The minimum absolute atomic E-state index is 0.0155. The van der Waals surface area contributed by atoms with Gasteiger partial charge in [0, 0.05) is 32.4 Å². The fourth-order valence-electron chi connectivity index (χ4n) is 1.80. The second-order valence-corrected chi connectivity index (χ2v) is 4.52. The highest BCUT2D eigenvalue weighted by Gasteiger charge is 2.36. The molecule has 0 amide bonds. The van der Waals surface area contributed by atoms with Crippen LogP contribution in [-0.2, 0) is 19.8 Å². The monoisotopic (exact) mass is 320 g/mol. The third-order valence-corrected chi connectivity index (χ3v) is 2.96. The zero-order chi connectivity index (χ0) is 15.6. The van der Waals surface area contributed by atoms with E-state index in [0.29, 0.717) is 11.5 Å². The molecule has 2 N–H and O–H groups in total. The van der Waals surface area contributed by atoms with E-state index in [2.05, 4.69) is 25.7 Å². The normalized spacial score (nSPS) is 11.5. The molecule has 0 aliphatic rings. The summed E-state index contributed by atoms with van der Waals surface area (Å²) >= 11 is 5.87. The Bertz CT molecular complexity index is 639. The minimum Gasteiger partial charge on any atom is -0.383 e. The highest BCUT2D eigenvalue weighted by Crippen LogP contribution is 2.31. The van der Waals surface area contributed by atoms with Gasteiger partial charge in [0.2, 0.25) is 0 Å². The van der Waals surface area contributed by atoms with Crippen LogP contribution in [-0.4, -0.2) is 26.8 Å². The highest BCUT2D eigenvalue weighted by molar-refractivity contribution is 6.32. The molecule has 2 rings (SSSR count). The van der Waals surface area contributed by atoms with E-state index in [1.165, 1.54) is 19.6 Å². The Balaban J connectivity index is 2.23. The number of halogens is 4. The zero-order valence-electron chi connectivity index (χ0n) is 11.2. The largest absolute Gasteiger partial charge is 0.435 e. The van der Waals surface area contributed by atoms with Crippen LogP contribution in [0.4, 0.5) is 24.7 Å². The number of hydrogen-bond acceptors (Lipinski definition) is 5. The fourth-order valence-corrected chi connectivity index (χ4v) is 2.03. The van der Waals surface area contributed by atoms with Gasteiger partial charge in [-0.25, -0.2) is 9.97 Å². The number of alkyl halides is 3. The van der Waals surface area contributed by atoms with E-state index in [9.17, 15) is 13.2 Å². The number of hydrogen-bond donors (Lipinski definition) is 2. The smallest absolute Gasteiger partial charge is 0.383 e. The van der Waals surface area contributed by atoms with Crippen molar-refractivity contribution in [3.63, 3.8) is 0 Å². The van der Waals surface area contributed by atoms with Crippen molar-refractivity contribution in [2.24, 2.45) is 7.05 Å². The van der Waals surface area contributed by atoms with Gasteiger partial charge in [0.15, 0.2) is 16.7 Å². The van der Waals surface area contributed by atoms with Crippen LogP contribution in [0, 0.1) is 0 Å². The molecule has 0 saturated heterocycles. The standard InChI is InChI=1S/C11H12ClF3N6/c1-16-7-9(12)18-5-19-10(7)17-3-6-4-21(2)20-8(6)11(13,14)15/h4-5,16H,3H2,1-2H3,(H,17,18,19). The lowest BCUT2D eigenvalue weighted by atomic mass is 10.2. The van der Waals surface area contributed by atoms with Crippen molar-refractivity contribution < 1.29 is 13.2 Å². The van der Waals surface area contributed by atoms with Crippen LogP contribution < -0.4 is 10.6 Å². The Morgan fingerprint density at radius 1 is 1.33 bits per heavy atom. The van der Waals surface area contributed by atoms with Gasteiger partial charge in [-0.3, -0.25) is 4.68 Å². The van der Waals surface area contributed by atoms with Gasteiger partial charge in [0.1, 0.15) is 12.0 Å². The third kappa shape index (κ3) is 3.35. The number of aromatic nitrogens is 4. The van der Waals surface area contributed by atoms with Gasteiger partial charge < -0.3 is 10.6 Å². The van der Waals surface area contributed by atoms with E-state index in [0.717, 1.165) is 4.68 Å². The van der Waals surface area contributed by atoms with Crippen molar-refractivity contribution >= 4 is 23.1 Å². The summed E-state index contributed by atoms with van der Waals surface area (Å²) < 4.78 is 39.6. The average molecular weight is 321 g/mol. The van der Waals surface area contributed by atoms with Crippen LogP contribution in [0.25, 0.3) is 0 Å². The second kappa shape index (κ2) is 5.76. The minimum atomic E-state index is -4.51. The van der Waals surface area contributed by atoms with Gasteiger partial charge in [-0.2, -0.15) is 18.3 Å². The lowest BCUT2D eigenvalue weighted by Crippen LogP contribution is -2.12. The topological polar surface area (TPSA) is 67.7 Å². The molecule has 0 aliphatic carbocycles. The Morgan fingerprint density at radius 2 is 2.05 bits per heavy atom. The maximum atomic E-state index is 12.8. The molecule has 0 aromatic carbocycles. The number of nitrogens with one attached hydrogen (secondary N) is 2. The lowest BCUT2D eigenvalue weighted by Gasteiger charge is -2.11. The van der Waals surface area contributed by atoms with Gasteiger partial charge in [-0.05, 0) is 0 Å². The number of anilines is 2. The van der Waals surface area contributed by atoms with Crippen molar-refractivity contribution in [2.45, 2.75) is 12.7 Å². The molecule has 0 atom stereocenters. The van der Waals surface area contributed by atoms with Crippen LogP contribution in [0.15, 0.2) is 12.5 Å². The van der Waals surface area contributed by atoms with Gasteiger partial charge in [-0.1, -0.05) is 11.6 Å². The highest BCUT2D eigenvalue weighted by atomic mass is 35.5. The maximum Gasteiger partial charge on any atom is 0.435 e. The zero-order valence-corrected chi connectivity index (χ0v) is 11.9. The van der Waals surface area contributed by atoms with Gasteiger partial charge in [0.25, 0.3) is 0 Å². The average Bonchev–Trinajstić information content (AvgIpc) is 2.77. The SMILES string of the molecule is CNc1c(Cl)ncnc1NCc1cn(C)nc1C(F)(F)F. The summed E-state index contributed by atoms with van der Waals surface area (Å²) in [7, 11) is 3.04. The molecule has 0 unspecified atom stereocenters. The van der Waals surface area contributed by atoms with Gasteiger partial charge in [0.05, 0.1) is 0 Å². The molecular weight excluding hydrogens is 309 g/mol. The summed E-state index contributed by atoms with van der Waals surface area (Å²) in [5.74, 6) is 0.314. The molecule has 114 valence electrons. The molecule has 0 fully saturated rings. The predicted molar refractivity (Wildman–Crippen MR) is 72.1 cm³/mol. The summed E-state index contributed by atoms with van der Waals surface area (Å²) in [4.78, 5) is 7.73. The Hall–Kier alpha value is -2.03. The first-order chi connectivity index (χ1) is 9.82. The first-order valence-electron chi connectivity index (χ1n) is 5.84. The third-order valence-electron chi connectivity index (χ3n) is 2.67. The molecule has 0 spiro atoms. The van der Waals surface area contributed by atoms with E-state index >= 15 is 0 Å². The van der Waals surface area contributed by atoms with Crippen LogP contribution in [0.1, 0.15) is 11.3 Å². The first-order valence-corrected chi connectivity index (χ1v) is 6.22. The molecule has 0 aliphatic heterocycles. The molecule has 2 aromatic heterocycles. The Kier molecular flexibility index (Phi) is 4.21. The second-order valence-electron chi connectivity index (χ2n) is 4.17. The Morgan fingerprint density at radius 3 is 2.67 bits per heavy atom. The molecule has 2 heterocycles. The van der Waals surface area contributed by atoms with E-state index in [4.69, 9.17) is 11.6 Å². The number of aryl methyl sites for hydroxylation is 1. The predicted octanol–water partition coefficient (Wildman–Crippen LogP) is 2.54. The first kappa shape index (κ1) is 15.4. The van der Waals surface area contributed by atoms with E-state index in [1.54, 1.807) is 7.05 Å². The maximum absolute atomic E-state index is 12.8. The van der Waals surface area contributed by atoms with Gasteiger partial charge in [-0.15, -0.1) is 0 Å². The van der Waals surface area contributed by atoms with Crippen molar-refractivity contribution in [1.82, 2.24) is 19.7 Å². The lowest BCUT2D eigenvalue weighted by molar-refractivity contribution is -0.142. The van der Waals surface area contributed by atoms with E-state index in [1.807, 2.05) is 0 Å². The van der Waals surface area contributed by atoms with Crippen molar-refractivity contribution in [3.05, 3.63) is 28.9 Å². The Labute approximate surface area is 123 Å². The number of rotatable bonds is 4. The summed E-state index contributed by atoms with van der Waals surface area (Å²) in [6.07, 6.45) is -1.98. The summed E-state index contributed by atoms with van der Waals surface area (Å²) in [6, 6.07) is 0. The molecule has 10 heteroatoms. The quantitative estimate of drug-likeness (QED) is 0.847. The summed E-state index contributed by atoms with van der Waals surface area (Å²) in [5, 5.41) is 9.19. The summed E-state index contributed by atoms with van der Waals surface area (Å²) in [6.45, 7) is -0.0926. The molecule has 2 aromatic rings. The van der Waals surface area contributed by atoms with Crippen LogP contribution in [0.5, 0.6) is 0 Å². The molecule has 21 heavy (non-hydrogen) atoms. The van der Waals surface area contributed by atoms with Crippen LogP contribution >= 0.6 is 11.6 Å². The van der Waals surface area contributed by atoms with Crippen molar-refractivity contribution in [2.75, 3.05) is 17.7 Å². The van der Waals surface area contributed by atoms with Gasteiger partial charge >= 0.3 is 6.18 Å². The molecule has 0 saturated carbocycles. The van der Waals surface area contributed by atoms with E-state index in [-0.39, 0.29) is 17.3 Å². The molecule has 0 bridgehead atoms. The van der Waals surface area contributed by atoms with E-state index < -0.39 is 11.9 Å². The molecule has 6 nitrogen and oxygen atoms in total.